The van der Waals surface area contributed by atoms with E-state index in [1.807, 2.05) is 20.8 Å². The van der Waals surface area contributed by atoms with Gasteiger partial charge in [0.2, 0.25) is 0 Å². The van der Waals surface area contributed by atoms with Crippen LogP contribution in [0.1, 0.15) is 51.2 Å². The van der Waals surface area contributed by atoms with Gasteiger partial charge in [0.1, 0.15) is 11.4 Å². The highest BCUT2D eigenvalue weighted by Gasteiger charge is 2.20. The van der Waals surface area contributed by atoms with Gasteiger partial charge in [-0.2, -0.15) is 4.98 Å². The van der Waals surface area contributed by atoms with Crippen LogP contribution in [0.5, 0.6) is 5.75 Å². The Balaban J connectivity index is 0.000000396. The monoisotopic (exact) mass is 439 g/mol. The number of sulfone groups is 1. The molecule has 0 spiro atoms. The molecule has 1 fully saturated rings. The van der Waals surface area contributed by atoms with E-state index in [2.05, 4.69) is 20.2 Å². The fraction of sp³-hybridized carbons (Fsp3) is 0.550. The first-order valence-corrected chi connectivity index (χ1v) is 11.6. The number of nitrogens with zero attached hydrogens (tertiary/aromatic N) is 2. The molecule has 3 rings (SSSR count). The van der Waals surface area contributed by atoms with Crippen molar-refractivity contribution >= 4 is 16.3 Å². The summed E-state index contributed by atoms with van der Waals surface area (Å²) in [5.41, 5.74) is -0.318. The largest absolute Gasteiger partial charge is 0.484 e. The van der Waals surface area contributed by atoms with Crippen molar-refractivity contribution in [3.63, 3.8) is 0 Å². The van der Waals surface area contributed by atoms with Crippen LogP contribution in [0.15, 0.2) is 33.7 Å². The van der Waals surface area contributed by atoms with Crippen molar-refractivity contribution in [1.29, 1.82) is 0 Å². The predicted molar refractivity (Wildman–Crippen MR) is 110 cm³/mol. The number of aromatic nitrogens is 2. The van der Waals surface area contributed by atoms with Crippen LogP contribution in [0.4, 0.5) is 0 Å². The number of benzene rings is 1. The molecule has 1 saturated heterocycles. The highest BCUT2D eigenvalue weighted by atomic mass is 32.2. The predicted octanol–water partition coefficient (Wildman–Crippen LogP) is 2.48. The maximum absolute atomic E-state index is 11.4. The second kappa shape index (κ2) is 10.5. The van der Waals surface area contributed by atoms with Gasteiger partial charge < -0.3 is 19.3 Å². The number of piperidine rings is 1. The summed E-state index contributed by atoms with van der Waals surface area (Å²) >= 11 is 0. The van der Waals surface area contributed by atoms with Gasteiger partial charge >= 0.3 is 0 Å². The molecule has 0 unspecified atom stereocenters. The normalized spacial score (nSPS) is 15.1. The van der Waals surface area contributed by atoms with Gasteiger partial charge in [-0.3, -0.25) is 4.79 Å². The van der Waals surface area contributed by atoms with Crippen molar-refractivity contribution in [3.05, 3.63) is 36.0 Å². The van der Waals surface area contributed by atoms with Gasteiger partial charge in [-0.15, -0.1) is 0 Å². The molecule has 10 heteroatoms. The van der Waals surface area contributed by atoms with Crippen molar-refractivity contribution in [3.8, 4) is 5.75 Å². The van der Waals surface area contributed by atoms with Crippen molar-refractivity contribution in [1.82, 2.24) is 15.5 Å². The summed E-state index contributed by atoms with van der Waals surface area (Å²) in [7, 11) is -3.20. The van der Waals surface area contributed by atoms with Gasteiger partial charge in [-0.05, 0) is 71.0 Å². The van der Waals surface area contributed by atoms with Crippen LogP contribution in [0.3, 0.4) is 0 Å². The second-order valence-corrected chi connectivity index (χ2v) is 9.95. The standard InChI is InChI=1S/C15H19N3O4S.C5H10O2/c1-23(19,20)13-4-2-12(3-5-13)21-10-14-17-15(18-22-14)11-6-8-16-9-7-11;1-5(2,3)7-4-6/h2-5,11,16H,6-10H2,1H3;4H,1-3H3. The minimum absolute atomic E-state index is 0.163. The topological polar surface area (TPSA) is 121 Å². The first kappa shape index (κ1) is 23.8. The molecule has 1 aliphatic rings. The SMILES string of the molecule is CC(C)(C)OC=O.CS(=O)(=O)c1ccc(OCc2nc(C3CCNCC3)no2)cc1. The summed E-state index contributed by atoms with van der Waals surface area (Å²) in [6, 6.07) is 6.25. The summed E-state index contributed by atoms with van der Waals surface area (Å²) in [6.07, 6.45) is 3.18. The number of ether oxygens (including phenoxy) is 2. The summed E-state index contributed by atoms with van der Waals surface area (Å²) in [5.74, 6) is 2.05. The molecule has 1 N–H and O–H groups in total. The molecule has 0 radical (unpaired) electrons. The van der Waals surface area contributed by atoms with E-state index >= 15 is 0 Å². The Morgan fingerprint density at radius 1 is 1.20 bits per heavy atom. The molecule has 9 nitrogen and oxygen atoms in total. The zero-order valence-corrected chi connectivity index (χ0v) is 18.6. The molecule has 0 bridgehead atoms. The van der Waals surface area contributed by atoms with Gasteiger partial charge in [0.05, 0.1) is 4.90 Å². The highest BCUT2D eigenvalue weighted by molar-refractivity contribution is 7.90. The number of hydrogen-bond donors (Lipinski definition) is 1. The summed E-state index contributed by atoms with van der Waals surface area (Å²) in [6.45, 7) is 8.02. The van der Waals surface area contributed by atoms with Crippen molar-refractivity contribution in [2.75, 3.05) is 19.3 Å². The van der Waals surface area contributed by atoms with E-state index in [0.29, 0.717) is 24.0 Å². The average Bonchev–Trinajstić information content (AvgIpc) is 3.15. The van der Waals surface area contributed by atoms with Gasteiger partial charge in [0.25, 0.3) is 12.4 Å². The van der Waals surface area contributed by atoms with E-state index in [4.69, 9.17) is 9.26 Å². The Hall–Kier alpha value is -2.46. The van der Waals surface area contributed by atoms with E-state index in [9.17, 15) is 13.2 Å². The van der Waals surface area contributed by atoms with E-state index in [1.165, 1.54) is 18.4 Å². The van der Waals surface area contributed by atoms with E-state index in [1.54, 1.807) is 12.1 Å². The molecule has 2 heterocycles. The van der Waals surface area contributed by atoms with Gasteiger partial charge in [0, 0.05) is 12.2 Å². The summed E-state index contributed by atoms with van der Waals surface area (Å²) < 4.78 is 38.1. The Morgan fingerprint density at radius 2 is 1.83 bits per heavy atom. The number of nitrogens with one attached hydrogen (secondary N) is 1. The molecule has 0 amide bonds. The summed E-state index contributed by atoms with van der Waals surface area (Å²) in [5, 5.41) is 7.32. The molecular weight excluding hydrogens is 410 g/mol. The van der Waals surface area contributed by atoms with Crippen LogP contribution in [0.25, 0.3) is 0 Å². The number of hydrogen-bond acceptors (Lipinski definition) is 9. The molecular formula is C20H29N3O6S. The Kier molecular flexibility index (Phi) is 8.36. The minimum atomic E-state index is -3.20. The number of carbonyl (C=O) groups excluding carboxylic acids is 1. The quantitative estimate of drug-likeness (QED) is 0.677. The van der Waals surface area contributed by atoms with Crippen LogP contribution in [0.2, 0.25) is 0 Å². The second-order valence-electron chi connectivity index (χ2n) is 7.93. The van der Waals surface area contributed by atoms with Crippen LogP contribution in [-0.2, 0) is 26.0 Å². The molecule has 166 valence electrons. The van der Waals surface area contributed by atoms with Crippen molar-refractivity contribution in [2.24, 2.45) is 0 Å². The molecule has 1 aromatic carbocycles. The highest BCUT2D eigenvalue weighted by Crippen LogP contribution is 2.23. The average molecular weight is 440 g/mol. The third-order valence-electron chi connectivity index (χ3n) is 4.20. The minimum Gasteiger partial charge on any atom is -0.484 e. The van der Waals surface area contributed by atoms with Gasteiger partial charge in [-0.25, -0.2) is 8.42 Å². The van der Waals surface area contributed by atoms with E-state index in [0.717, 1.165) is 31.8 Å². The van der Waals surface area contributed by atoms with Gasteiger partial charge in [-0.1, -0.05) is 5.16 Å². The zero-order valence-electron chi connectivity index (χ0n) is 17.8. The molecule has 0 saturated carbocycles. The Labute approximate surface area is 177 Å². The molecule has 1 aromatic heterocycles. The lowest BCUT2D eigenvalue weighted by molar-refractivity contribution is -0.138. The number of carbonyl (C=O) groups is 1. The molecule has 2 aromatic rings. The Bertz CT molecular complexity index is 897. The first-order chi connectivity index (χ1) is 14.1. The lowest BCUT2D eigenvalue weighted by Gasteiger charge is -2.18. The molecule has 30 heavy (non-hydrogen) atoms. The van der Waals surface area contributed by atoms with E-state index < -0.39 is 9.84 Å². The smallest absolute Gasteiger partial charge is 0.293 e. The van der Waals surface area contributed by atoms with Crippen molar-refractivity contribution in [2.45, 2.75) is 56.6 Å². The first-order valence-electron chi connectivity index (χ1n) is 9.66. The third kappa shape index (κ3) is 8.11. The third-order valence-corrected chi connectivity index (χ3v) is 5.33. The summed E-state index contributed by atoms with van der Waals surface area (Å²) in [4.78, 5) is 14.2. The molecule has 1 aliphatic heterocycles. The molecule has 0 atom stereocenters. The molecule has 0 aliphatic carbocycles. The zero-order chi connectivity index (χ0) is 22.2. The fourth-order valence-electron chi connectivity index (χ4n) is 2.65. The Morgan fingerprint density at radius 3 is 2.33 bits per heavy atom. The van der Waals surface area contributed by atoms with E-state index in [-0.39, 0.29) is 17.1 Å². The van der Waals surface area contributed by atoms with Crippen molar-refractivity contribution < 1.29 is 27.2 Å². The van der Waals surface area contributed by atoms with Crippen LogP contribution in [-0.4, -0.2) is 50.0 Å². The number of rotatable bonds is 6. The lowest BCUT2D eigenvalue weighted by atomic mass is 9.98. The lowest BCUT2D eigenvalue weighted by Crippen LogP contribution is -2.27. The van der Waals surface area contributed by atoms with Gasteiger partial charge in [0.15, 0.2) is 22.3 Å². The van der Waals surface area contributed by atoms with Crippen LogP contribution < -0.4 is 10.1 Å². The van der Waals surface area contributed by atoms with Crippen LogP contribution >= 0.6 is 0 Å². The fourth-order valence-corrected chi connectivity index (χ4v) is 3.28. The van der Waals surface area contributed by atoms with Crippen LogP contribution in [0, 0.1) is 0 Å². The maximum Gasteiger partial charge on any atom is 0.293 e. The maximum atomic E-state index is 11.4.